The molecule has 4 heteroatoms. The van der Waals surface area contributed by atoms with E-state index in [1.807, 2.05) is 30.3 Å². The van der Waals surface area contributed by atoms with Crippen molar-refractivity contribution in [1.29, 1.82) is 5.26 Å². The van der Waals surface area contributed by atoms with Gasteiger partial charge in [0.15, 0.2) is 0 Å². The van der Waals surface area contributed by atoms with Crippen molar-refractivity contribution < 1.29 is 9.63 Å². The summed E-state index contributed by atoms with van der Waals surface area (Å²) in [4.78, 5) is 14.9. The molecule has 1 rings (SSSR count). The van der Waals surface area contributed by atoms with Gasteiger partial charge in [-0.3, -0.25) is 0 Å². The number of hydrogen-bond acceptors (Lipinski definition) is 4. The van der Waals surface area contributed by atoms with Crippen LogP contribution in [0.25, 0.3) is 6.08 Å². The molecule has 0 heterocycles. The molecule has 1 aromatic carbocycles. The Kier molecular flexibility index (Phi) is 4.51. The van der Waals surface area contributed by atoms with Gasteiger partial charge in [-0.15, -0.1) is 0 Å². The summed E-state index contributed by atoms with van der Waals surface area (Å²) in [7, 11) is 0. The first-order chi connectivity index (χ1) is 7.77. The number of carbonyl (C=O) groups is 1. The van der Waals surface area contributed by atoms with Gasteiger partial charge in [0, 0.05) is 0 Å². The lowest BCUT2D eigenvalue weighted by Crippen LogP contribution is -2.11. The minimum absolute atomic E-state index is 0.144. The van der Waals surface area contributed by atoms with Crippen molar-refractivity contribution in [3.8, 4) is 6.07 Å². The smallest absolute Gasteiger partial charge is 0.367 e. The fourth-order valence-electron chi connectivity index (χ4n) is 1.03. The summed E-state index contributed by atoms with van der Waals surface area (Å²) in [5.74, 6) is 3.82. The Labute approximate surface area is 93.2 Å². The second kappa shape index (κ2) is 6.17. The van der Waals surface area contributed by atoms with Gasteiger partial charge in [-0.2, -0.15) is 11.2 Å². The highest BCUT2D eigenvalue weighted by Crippen LogP contribution is 2.02. The Morgan fingerprint density at radius 1 is 1.38 bits per heavy atom. The third kappa shape index (κ3) is 3.40. The van der Waals surface area contributed by atoms with E-state index in [1.54, 1.807) is 18.2 Å². The summed E-state index contributed by atoms with van der Waals surface area (Å²) < 4.78 is 0. The second-order valence-electron chi connectivity index (χ2n) is 2.87. The molecule has 4 nitrogen and oxygen atoms in total. The molecular weight excluding hydrogens is 204 g/mol. The topological polar surface area (TPSA) is 76.1 Å². The van der Waals surface area contributed by atoms with Gasteiger partial charge in [0.2, 0.25) is 0 Å². The minimum atomic E-state index is -0.847. The summed E-state index contributed by atoms with van der Waals surface area (Å²) in [6.45, 7) is 0. The molecule has 0 unspecified atom stereocenters. The van der Waals surface area contributed by atoms with Crippen molar-refractivity contribution in [2.24, 2.45) is 5.90 Å². The summed E-state index contributed by atoms with van der Waals surface area (Å²) in [5, 5.41) is 8.62. The highest BCUT2D eigenvalue weighted by molar-refractivity contribution is 5.93. The van der Waals surface area contributed by atoms with E-state index in [2.05, 4.69) is 10.7 Å². The zero-order chi connectivity index (χ0) is 11.8. The lowest BCUT2D eigenvalue weighted by molar-refractivity contribution is -0.139. The number of nitriles is 1. The summed E-state index contributed by atoms with van der Waals surface area (Å²) >= 11 is 0. The van der Waals surface area contributed by atoms with Gasteiger partial charge < -0.3 is 4.84 Å². The molecule has 1 aromatic rings. The Morgan fingerprint density at radius 3 is 2.62 bits per heavy atom. The number of benzene rings is 1. The van der Waals surface area contributed by atoms with Crippen molar-refractivity contribution in [3.63, 3.8) is 0 Å². The summed E-state index contributed by atoms with van der Waals surface area (Å²) in [5.41, 5.74) is 0.826. The number of hydrogen-bond donors (Lipinski definition) is 1. The Balaban J connectivity index is 2.76. The predicted octanol–water partition coefficient (Wildman–Crippen LogP) is 1.57. The quantitative estimate of drug-likeness (QED) is 0.358. The van der Waals surface area contributed by atoms with Crippen molar-refractivity contribution >= 4 is 12.0 Å². The Morgan fingerprint density at radius 2 is 2.06 bits per heavy atom. The van der Waals surface area contributed by atoms with Crippen LogP contribution in [0.5, 0.6) is 0 Å². The lowest BCUT2D eigenvalue weighted by atomic mass is 10.2. The maximum atomic E-state index is 10.9. The molecule has 0 aliphatic rings. The van der Waals surface area contributed by atoms with E-state index >= 15 is 0 Å². The molecule has 0 aliphatic heterocycles. The maximum Gasteiger partial charge on any atom is 0.367 e. The SMILES string of the molecule is N#CC(=CC=Cc1ccccc1)C(=O)ON. The van der Waals surface area contributed by atoms with Gasteiger partial charge in [0.25, 0.3) is 0 Å². The van der Waals surface area contributed by atoms with Gasteiger partial charge >= 0.3 is 5.97 Å². The van der Waals surface area contributed by atoms with E-state index in [9.17, 15) is 4.79 Å². The minimum Gasteiger partial charge on any atom is -0.369 e. The van der Waals surface area contributed by atoms with E-state index in [4.69, 9.17) is 5.26 Å². The van der Waals surface area contributed by atoms with Crippen LogP contribution in [0, 0.1) is 11.3 Å². The van der Waals surface area contributed by atoms with E-state index in [0.29, 0.717) is 0 Å². The van der Waals surface area contributed by atoms with Crippen molar-refractivity contribution in [2.45, 2.75) is 0 Å². The first kappa shape index (κ1) is 11.7. The maximum absolute atomic E-state index is 10.9. The summed E-state index contributed by atoms with van der Waals surface area (Å²) in [6, 6.07) is 11.2. The third-order valence-electron chi connectivity index (χ3n) is 1.80. The molecule has 0 bridgehead atoms. The van der Waals surface area contributed by atoms with Crippen LogP contribution in [0.15, 0.2) is 48.1 Å². The first-order valence-corrected chi connectivity index (χ1v) is 4.52. The number of rotatable bonds is 3. The van der Waals surface area contributed by atoms with Crippen LogP contribution < -0.4 is 5.90 Å². The van der Waals surface area contributed by atoms with Crippen LogP contribution in [0.4, 0.5) is 0 Å². The lowest BCUT2D eigenvalue weighted by Gasteiger charge is -1.92. The molecule has 0 aliphatic carbocycles. The molecule has 0 radical (unpaired) electrons. The van der Waals surface area contributed by atoms with Gasteiger partial charge in [-0.25, -0.2) is 4.79 Å². The second-order valence-corrected chi connectivity index (χ2v) is 2.87. The highest BCUT2D eigenvalue weighted by atomic mass is 16.7. The number of nitrogens with zero attached hydrogens (tertiary/aromatic N) is 1. The molecule has 0 saturated carbocycles. The van der Waals surface area contributed by atoms with Crippen LogP contribution in [-0.2, 0) is 9.63 Å². The molecule has 0 amide bonds. The fourth-order valence-corrected chi connectivity index (χ4v) is 1.03. The van der Waals surface area contributed by atoms with E-state index in [1.165, 1.54) is 6.08 Å². The monoisotopic (exact) mass is 214 g/mol. The van der Waals surface area contributed by atoms with E-state index < -0.39 is 5.97 Å². The number of allylic oxidation sites excluding steroid dienone is 2. The molecule has 0 atom stereocenters. The van der Waals surface area contributed by atoms with Crippen LogP contribution in [0.1, 0.15) is 5.56 Å². The zero-order valence-corrected chi connectivity index (χ0v) is 8.46. The normalized spacial score (nSPS) is 11.1. The van der Waals surface area contributed by atoms with Crippen LogP contribution in [0.3, 0.4) is 0 Å². The highest BCUT2D eigenvalue weighted by Gasteiger charge is 2.06. The fraction of sp³-hybridized carbons (Fsp3) is 0. The standard InChI is InChI=1S/C12H10N2O2/c13-9-11(12(15)16-14)8-4-7-10-5-2-1-3-6-10/h1-8H,14H2. The molecule has 2 N–H and O–H groups in total. The van der Waals surface area contributed by atoms with Crippen LogP contribution >= 0.6 is 0 Å². The van der Waals surface area contributed by atoms with Gasteiger partial charge in [0.1, 0.15) is 11.6 Å². The molecule has 0 aromatic heterocycles. The molecule has 0 saturated heterocycles. The molecule has 0 fully saturated rings. The molecule has 80 valence electrons. The van der Waals surface area contributed by atoms with Gasteiger partial charge in [0.05, 0.1) is 0 Å². The molecule has 16 heavy (non-hydrogen) atoms. The average molecular weight is 214 g/mol. The largest absolute Gasteiger partial charge is 0.369 e. The average Bonchev–Trinajstić information content (AvgIpc) is 2.35. The molecule has 0 spiro atoms. The Bertz CT molecular complexity index is 456. The van der Waals surface area contributed by atoms with Crippen molar-refractivity contribution in [2.75, 3.05) is 0 Å². The van der Waals surface area contributed by atoms with Crippen LogP contribution in [0.2, 0.25) is 0 Å². The van der Waals surface area contributed by atoms with Gasteiger partial charge in [-0.1, -0.05) is 42.5 Å². The molecular formula is C12H10N2O2. The first-order valence-electron chi connectivity index (χ1n) is 4.52. The van der Waals surface area contributed by atoms with Crippen LogP contribution in [-0.4, -0.2) is 5.97 Å². The zero-order valence-electron chi connectivity index (χ0n) is 8.46. The number of carbonyl (C=O) groups excluding carboxylic acids is 1. The van der Waals surface area contributed by atoms with E-state index in [-0.39, 0.29) is 5.57 Å². The van der Waals surface area contributed by atoms with Crippen molar-refractivity contribution in [1.82, 2.24) is 0 Å². The van der Waals surface area contributed by atoms with Crippen molar-refractivity contribution in [3.05, 3.63) is 53.6 Å². The van der Waals surface area contributed by atoms with E-state index in [0.717, 1.165) is 5.56 Å². The summed E-state index contributed by atoms with van der Waals surface area (Å²) in [6.07, 6.45) is 4.70. The van der Waals surface area contributed by atoms with Gasteiger partial charge in [-0.05, 0) is 11.6 Å². The number of nitrogens with two attached hydrogens (primary N) is 1. The predicted molar refractivity (Wildman–Crippen MR) is 59.5 cm³/mol. The Hall–Kier alpha value is -2.38. The third-order valence-corrected chi connectivity index (χ3v) is 1.80.